The van der Waals surface area contributed by atoms with Gasteiger partial charge in [0.05, 0.1) is 25.9 Å². The molecule has 2 aromatic carbocycles. The minimum absolute atomic E-state index is 0.158. The average molecular weight is 568 g/mol. The fraction of sp³-hybridized carbons (Fsp3) is 0.345. The van der Waals surface area contributed by atoms with E-state index in [9.17, 15) is 14.4 Å². The van der Waals surface area contributed by atoms with Gasteiger partial charge >= 0.3 is 11.9 Å². The van der Waals surface area contributed by atoms with Crippen LogP contribution < -0.4 is 10.1 Å². The van der Waals surface area contributed by atoms with E-state index < -0.39 is 29.7 Å². The molecule has 0 amide bonds. The van der Waals surface area contributed by atoms with Crippen molar-refractivity contribution in [1.82, 2.24) is 5.32 Å². The highest BCUT2D eigenvalue weighted by Gasteiger charge is 2.49. The Labute approximate surface area is 225 Å². The largest absolute Gasteiger partial charge is 0.497 e. The number of ketones is 1. The summed E-state index contributed by atoms with van der Waals surface area (Å²) >= 11 is 3.46. The zero-order valence-corrected chi connectivity index (χ0v) is 22.9. The lowest BCUT2D eigenvalue weighted by Crippen LogP contribution is -2.43. The minimum atomic E-state index is -1.05. The molecule has 2 aliphatic rings. The van der Waals surface area contributed by atoms with Gasteiger partial charge in [0.2, 0.25) is 0 Å². The van der Waals surface area contributed by atoms with Crippen LogP contribution in [-0.2, 0) is 23.9 Å². The Kier molecular flexibility index (Phi) is 8.17. The van der Waals surface area contributed by atoms with E-state index in [1.165, 1.54) is 0 Å². The maximum atomic E-state index is 14.3. The summed E-state index contributed by atoms with van der Waals surface area (Å²) in [5.74, 6) is -2.90. The van der Waals surface area contributed by atoms with Crippen LogP contribution in [0.15, 0.2) is 75.5 Å². The molecule has 3 atom stereocenters. The molecular formula is C29H30BrNO6. The van der Waals surface area contributed by atoms with Crippen LogP contribution in [0.2, 0.25) is 0 Å². The van der Waals surface area contributed by atoms with Crippen molar-refractivity contribution in [1.29, 1.82) is 0 Å². The molecule has 0 saturated carbocycles. The molecule has 8 heteroatoms. The number of halogens is 1. The van der Waals surface area contributed by atoms with Crippen LogP contribution in [0.4, 0.5) is 0 Å². The first kappa shape index (κ1) is 26.7. The number of nitrogens with one attached hydrogen (secondary N) is 1. The Morgan fingerprint density at radius 2 is 1.59 bits per heavy atom. The molecule has 0 radical (unpaired) electrons. The highest BCUT2D eigenvalue weighted by Crippen LogP contribution is 2.48. The predicted molar refractivity (Wildman–Crippen MR) is 142 cm³/mol. The van der Waals surface area contributed by atoms with Crippen LogP contribution in [0, 0.1) is 5.92 Å². The third-order valence-corrected chi connectivity index (χ3v) is 7.33. The monoisotopic (exact) mass is 567 g/mol. The van der Waals surface area contributed by atoms with E-state index in [0.717, 1.165) is 15.6 Å². The molecule has 2 aromatic rings. The number of hydrogen-bond acceptors (Lipinski definition) is 7. The second-order valence-electron chi connectivity index (χ2n) is 8.94. The molecule has 0 bridgehead atoms. The first-order chi connectivity index (χ1) is 17.8. The van der Waals surface area contributed by atoms with Crippen LogP contribution in [0.5, 0.6) is 5.75 Å². The van der Waals surface area contributed by atoms with Crippen molar-refractivity contribution in [2.24, 2.45) is 5.92 Å². The van der Waals surface area contributed by atoms with Crippen LogP contribution in [-0.4, -0.2) is 38.0 Å². The fourth-order valence-electron chi connectivity index (χ4n) is 5.17. The SMILES string of the molecule is CCOC(=O)C1=C(C)NC2=C(C(=O)[C@@H](C(=O)OCC)[C@@H](c3ccc(OC)cc3)C2)[C@@H]1c1ccc(Br)cc1. The number of methoxy groups -OCH3 is 1. The van der Waals surface area contributed by atoms with Gasteiger partial charge in [-0.1, -0.05) is 40.2 Å². The zero-order chi connectivity index (χ0) is 26.7. The second kappa shape index (κ2) is 11.3. The summed E-state index contributed by atoms with van der Waals surface area (Å²) < 4.78 is 16.9. The van der Waals surface area contributed by atoms with Gasteiger partial charge in [0.25, 0.3) is 0 Å². The predicted octanol–water partition coefficient (Wildman–Crippen LogP) is 5.17. The van der Waals surface area contributed by atoms with E-state index in [-0.39, 0.29) is 19.0 Å². The third-order valence-electron chi connectivity index (χ3n) is 6.80. The number of carbonyl (C=O) groups is 3. The first-order valence-corrected chi connectivity index (χ1v) is 13.1. The number of Topliss-reactive ketones (excluding diaryl/α,β-unsaturated/α-hetero) is 1. The number of rotatable bonds is 7. The number of esters is 2. The number of dihydropyridines is 1. The quantitative estimate of drug-likeness (QED) is 0.364. The van der Waals surface area contributed by atoms with Crippen molar-refractivity contribution in [2.45, 2.75) is 39.0 Å². The van der Waals surface area contributed by atoms with E-state index >= 15 is 0 Å². The molecule has 194 valence electrons. The van der Waals surface area contributed by atoms with Crippen LogP contribution in [0.25, 0.3) is 0 Å². The molecule has 37 heavy (non-hydrogen) atoms. The summed E-state index contributed by atoms with van der Waals surface area (Å²) in [6.45, 7) is 5.63. The van der Waals surface area contributed by atoms with Crippen molar-refractivity contribution in [2.75, 3.05) is 20.3 Å². The van der Waals surface area contributed by atoms with Crippen molar-refractivity contribution < 1.29 is 28.6 Å². The second-order valence-corrected chi connectivity index (χ2v) is 9.85. The molecular weight excluding hydrogens is 538 g/mol. The molecule has 0 aromatic heterocycles. The van der Waals surface area contributed by atoms with E-state index in [1.807, 2.05) is 55.5 Å². The summed E-state index contributed by atoms with van der Waals surface area (Å²) in [6.07, 6.45) is 0.400. The van der Waals surface area contributed by atoms with Crippen LogP contribution >= 0.6 is 15.9 Å². The Morgan fingerprint density at radius 1 is 0.973 bits per heavy atom. The van der Waals surface area contributed by atoms with Gasteiger partial charge in [-0.05, 0) is 62.6 Å². The van der Waals surface area contributed by atoms with E-state index in [4.69, 9.17) is 14.2 Å². The number of allylic oxidation sites excluding steroid dienone is 3. The molecule has 7 nitrogen and oxygen atoms in total. The first-order valence-electron chi connectivity index (χ1n) is 12.3. The normalized spacial score (nSPS) is 21.2. The number of ether oxygens (including phenoxy) is 3. The fourth-order valence-corrected chi connectivity index (χ4v) is 5.43. The smallest absolute Gasteiger partial charge is 0.336 e. The summed E-state index contributed by atoms with van der Waals surface area (Å²) in [5.41, 5.74) is 3.68. The van der Waals surface area contributed by atoms with Crippen molar-refractivity contribution >= 4 is 33.7 Å². The highest BCUT2D eigenvalue weighted by molar-refractivity contribution is 9.10. The molecule has 0 unspecified atom stereocenters. The number of benzene rings is 2. The van der Waals surface area contributed by atoms with E-state index in [1.54, 1.807) is 21.0 Å². The lowest BCUT2D eigenvalue weighted by Gasteiger charge is -2.39. The van der Waals surface area contributed by atoms with Crippen molar-refractivity contribution in [3.8, 4) is 5.75 Å². The summed E-state index contributed by atoms with van der Waals surface area (Å²) in [4.78, 5) is 40.6. The van der Waals surface area contributed by atoms with Gasteiger partial charge in [0.1, 0.15) is 11.7 Å². The van der Waals surface area contributed by atoms with Gasteiger partial charge in [-0.3, -0.25) is 9.59 Å². The molecule has 1 N–H and O–H groups in total. The summed E-state index contributed by atoms with van der Waals surface area (Å²) in [6, 6.07) is 14.9. The van der Waals surface area contributed by atoms with Gasteiger partial charge in [-0.2, -0.15) is 0 Å². The Bertz CT molecular complexity index is 1260. The van der Waals surface area contributed by atoms with Gasteiger partial charge < -0.3 is 19.5 Å². The Hall–Kier alpha value is -3.39. The standard InChI is InChI=1S/C29H30BrNO6/c1-5-36-28(33)23-16(3)31-22-15-21(17-9-13-20(35-4)14-10-17)25(29(34)37-6-2)27(32)26(22)24(23)18-7-11-19(30)12-8-18/h7-14,21,24-25,31H,5-6,15H2,1-4H3/t21-,24-,25+/m1/s1. The average Bonchev–Trinajstić information content (AvgIpc) is 2.88. The van der Waals surface area contributed by atoms with Crippen LogP contribution in [0.3, 0.4) is 0 Å². The molecule has 1 heterocycles. The molecule has 1 aliphatic heterocycles. The highest BCUT2D eigenvalue weighted by atomic mass is 79.9. The lowest BCUT2D eigenvalue weighted by molar-refractivity contribution is -0.152. The Morgan fingerprint density at radius 3 is 2.19 bits per heavy atom. The maximum absolute atomic E-state index is 14.3. The molecule has 0 saturated heterocycles. The van der Waals surface area contributed by atoms with Crippen molar-refractivity contribution in [3.05, 3.63) is 86.7 Å². The number of carbonyl (C=O) groups excluding carboxylic acids is 3. The van der Waals surface area contributed by atoms with Gasteiger partial charge in [-0.15, -0.1) is 0 Å². The van der Waals surface area contributed by atoms with E-state index in [2.05, 4.69) is 21.2 Å². The lowest BCUT2D eigenvalue weighted by atomic mass is 9.67. The summed E-state index contributed by atoms with van der Waals surface area (Å²) in [5, 5.41) is 3.31. The van der Waals surface area contributed by atoms with Crippen LogP contribution in [0.1, 0.15) is 50.2 Å². The maximum Gasteiger partial charge on any atom is 0.336 e. The minimum Gasteiger partial charge on any atom is -0.497 e. The topological polar surface area (TPSA) is 90.9 Å². The third kappa shape index (κ3) is 5.21. The van der Waals surface area contributed by atoms with E-state index in [0.29, 0.717) is 34.7 Å². The van der Waals surface area contributed by atoms with Gasteiger partial charge in [-0.25, -0.2) is 4.79 Å². The molecule has 4 rings (SSSR count). The van der Waals surface area contributed by atoms with Gasteiger partial charge in [0.15, 0.2) is 5.78 Å². The molecule has 0 spiro atoms. The van der Waals surface area contributed by atoms with Crippen molar-refractivity contribution in [3.63, 3.8) is 0 Å². The Balaban J connectivity index is 1.87. The summed E-state index contributed by atoms with van der Waals surface area (Å²) in [7, 11) is 1.59. The molecule has 0 fully saturated rings. The molecule has 1 aliphatic carbocycles. The van der Waals surface area contributed by atoms with Gasteiger partial charge in [0, 0.05) is 33.3 Å². The number of hydrogen-bond donors (Lipinski definition) is 1. The zero-order valence-electron chi connectivity index (χ0n) is 21.3.